The van der Waals surface area contributed by atoms with Gasteiger partial charge in [-0.05, 0) is 18.9 Å². The third-order valence-corrected chi connectivity index (χ3v) is 3.55. The molecule has 6 nitrogen and oxygen atoms in total. The second-order valence-corrected chi connectivity index (χ2v) is 6.86. The average molecular weight is 266 g/mol. The van der Waals surface area contributed by atoms with Gasteiger partial charge in [0.15, 0.2) is 9.84 Å². The third kappa shape index (κ3) is 2.45. The highest BCUT2D eigenvalue weighted by Crippen LogP contribution is 2.27. The second kappa shape index (κ2) is 3.94. The smallest absolute Gasteiger partial charge is 0.154 e. The molecular weight excluding hydrogens is 252 g/mol. The molecule has 0 aliphatic heterocycles. The molecule has 1 aliphatic carbocycles. The molecule has 2 N–H and O–H groups in total. The lowest BCUT2D eigenvalue weighted by Crippen LogP contribution is -2.09. The summed E-state index contributed by atoms with van der Waals surface area (Å²) in [5, 5.41) is 4.21. The van der Waals surface area contributed by atoms with E-state index in [1.807, 2.05) is 6.07 Å². The summed E-state index contributed by atoms with van der Waals surface area (Å²) in [4.78, 5) is 11.5. The van der Waals surface area contributed by atoms with Crippen LogP contribution in [0.3, 0.4) is 0 Å². The number of H-pyrrole nitrogens is 1. The van der Waals surface area contributed by atoms with E-state index < -0.39 is 9.84 Å². The molecule has 1 fully saturated rings. The predicted octanol–water partition coefficient (Wildman–Crippen LogP) is 1.08. The molecule has 18 heavy (non-hydrogen) atoms. The van der Waals surface area contributed by atoms with E-state index in [-0.39, 0.29) is 5.75 Å². The van der Waals surface area contributed by atoms with E-state index in [0.29, 0.717) is 17.5 Å². The summed E-state index contributed by atoms with van der Waals surface area (Å²) in [5.41, 5.74) is 0.673. The first-order valence-electron chi connectivity index (χ1n) is 5.79. The van der Waals surface area contributed by atoms with Crippen LogP contribution in [0.25, 0.3) is 11.0 Å². The molecule has 96 valence electrons. The highest BCUT2D eigenvalue weighted by molar-refractivity contribution is 7.89. The molecule has 0 saturated heterocycles. The van der Waals surface area contributed by atoms with Crippen molar-refractivity contribution in [1.29, 1.82) is 0 Å². The Kier molecular flexibility index (Phi) is 2.51. The summed E-state index contributed by atoms with van der Waals surface area (Å²) in [6.45, 7) is 0. The summed E-state index contributed by atoms with van der Waals surface area (Å²) >= 11 is 0. The topological polar surface area (TPSA) is 87.7 Å². The van der Waals surface area contributed by atoms with Crippen molar-refractivity contribution in [2.24, 2.45) is 0 Å². The van der Waals surface area contributed by atoms with Crippen LogP contribution in [-0.2, 0) is 15.6 Å². The summed E-state index contributed by atoms with van der Waals surface area (Å²) < 4.78 is 22.6. The Hall–Kier alpha value is -1.63. The number of aromatic amines is 1. The van der Waals surface area contributed by atoms with E-state index in [1.165, 1.54) is 6.26 Å². The first-order valence-corrected chi connectivity index (χ1v) is 7.85. The average Bonchev–Trinajstić information content (AvgIpc) is 2.91. The Balaban J connectivity index is 2.04. The van der Waals surface area contributed by atoms with Crippen LogP contribution in [0.15, 0.2) is 12.3 Å². The van der Waals surface area contributed by atoms with Gasteiger partial charge in [-0.25, -0.2) is 18.4 Å². The molecule has 0 spiro atoms. The van der Waals surface area contributed by atoms with E-state index in [0.717, 1.165) is 24.0 Å². The minimum Gasteiger partial charge on any atom is -0.367 e. The Morgan fingerprint density at radius 3 is 2.89 bits per heavy atom. The van der Waals surface area contributed by atoms with Crippen LogP contribution >= 0.6 is 0 Å². The monoisotopic (exact) mass is 266 g/mol. The summed E-state index contributed by atoms with van der Waals surface area (Å²) in [5.74, 6) is 0.916. The van der Waals surface area contributed by atoms with Crippen molar-refractivity contribution in [2.75, 3.05) is 11.6 Å². The Morgan fingerprint density at radius 2 is 2.22 bits per heavy atom. The van der Waals surface area contributed by atoms with Crippen molar-refractivity contribution >= 4 is 26.7 Å². The maximum absolute atomic E-state index is 11.3. The molecule has 0 bridgehead atoms. The van der Waals surface area contributed by atoms with E-state index in [9.17, 15) is 8.42 Å². The molecular formula is C11H14N4O2S. The van der Waals surface area contributed by atoms with Crippen molar-refractivity contribution in [3.05, 3.63) is 18.1 Å². The van der Waals surface area contributed by atoms with Crippen LogP contribution < -0.4 is 5.32 Å². The molecule has 2 heterocycles. The van der Waals surface area contributed by atoms with Gasteiger partial charge in [-0.2, -0.15) is 0 Å². The van der Waals surface area contributed by atoms with Crippen molar-refractivity contribution in [1.82, 2.24) is 15.0 Å². The number of anilines is 1. The van der Waals surface area contributed by atoms with Crippen LogP contribution in [-0.4, -0.2) is 35.7 Å². The summed E-state index contributed by atoms with van der Waals surface area (Å²) in [6, 6.07) is 2.36. The Bertz CT molecular complexity index is 688. The zero-order valence-electron chi connectivity index (χ0n) is 9.97. The predicted molar refractivity (Wildman–Crippen MR) is 69.1 cm³/mol. The van der Waals surface area contributed by atoms with Gasteiger partial charge >= 0.3 is 0 Å². The fraction of sp³-hybridized carbons (Fsp3) is 0.455. The first kappa shape index (κ1) is 11.5. The normalized spacial score (nSPS) is 16.1. The summed E-state index contributed by atoms with van der Waals surface area (Å²) in [6.07, 6.45) is 5.24. The first-order chi connectivity index (χ1) is 8.51. The van der Waals surface area contributed by atoms with Gasteiger partial charge in [0.25, 0.3) is 0 Å². The molecule has 7 heteroatoms. The maximum atomic E-state index is 11.3. The molecule has 0 radical (unpaired) electrons. The van der Waals surface area contributed by atoms with Crippen molar-refractivity contribution in [3.63, 3.8) is 0 Å². The lowest BCUT2D eigenvalue weighted by molar-refractivity contribution is 0.600. The Morgan fingerprint density at radius 1 is 1.44 bits per heavy atom. The number of rotatable bonds is 4. The third-order valence-electron chi connectivity index (χ3n) is 2.77. The number of hydrogen-bond acceptors (Lipinski definition) is 5. The van der Waals surface area contributed by atoms with Gasteiger partial charge in [-0.3, -0.25) is 0 Å². The number of fused-ring (bicyclic) bond motifs is 1. The van der Waals surface area contributed by atoms with Crippen LogP contribution in [0.2, 0.25) is 0 Å². The fourth-order valence-corrected chi connectivity index (χ4v) is 2.42. The SMILES string of the molecule is CS(=O)(=O)Cc1nc(NC2CC2)c2cc[nH]c2n1. The van der Waals surface area contributed by atoms with Gasteiger partial charge in [0, 0.05) is 18.5 Å². The number of hydrogen-bond donors (Lipinski definition) is 2. The lowest BCUT2D eigenvalue weighted by atomic mass is 10.3. The van der Waals surface area contributed by atoms with Gasteiger partial charge in [0.05, 0.1) is 5.39 Å². The highest BCUT2D eigenvalue weighted by Gasteiger charge is 2.23. The van der Waals surface area contributed by atoms with Gasteiger partial charge in [-0.1, -0.05) is 0 Å². The second-order valence-electron chi connectivity index (χ2n) is 4.72. The lowest BCUT2D eigenvalue weighted by Gasteiger charge is -2.07. The number of sulfone groups is 1. The van der Waals surface area contributed by atoms with Crippen molar-refractivity contribution in [3.8, 4) is 0 Å². The molecule has 2 aromatic heterocycles. The maximum Gasteiger partial charge on any atom is 0.154 e. The van der Waals surface area contributed by atoms with Gasteiger partial charge in [0.2, 0.25) is 0 Å². The standard InChI is InChI=1S/C11H14N4O2S/c1-18(16,17)6-9-14-10-8(4-5-12-10)11(15-9)13-7-2-3-7/h4-5,7H,2-3,6H2,1H3,(H2,12,13,14,15). The number of nitrogens with one attached hydrogen (secondary N) is 2. The van der Waals surface area contributed by atoms with Crippen LogP contribution in [0.1, 0.15) is 18.7 Å². The number of nitrogens with zero attached hydrogens (tertiary/aromatic N) is 2. The van der Waals surface area contributed by atoms with E-state index in [2.05, 4.69) is 20.3 Å². The minimum atomic E-state index is -3.13. The van der Waals surface area contributed by atoms with Gasteiger partial charge in [0.1, 0.15) is 23.0 Å². The Labute approximate surface area is 105 Å². The van der Waals surface area contributed by atoms with Crippen molar-refractivity contribution < 1.29 is 8.42 Å². The molecule has 2 aromatic rings. The molecule has 1 aliphatic rings. The molecule has 0 atom stereocenters. The number of aromatic nitrogens is 3. The van der Waals surface area contributed by atoms with Crippen LogP contribution in [0, 0.1) is 0 Å². The van der Waals surface area contributed by atoms with Crippen LogP contribution in [0.4, 0.5) is 5.82 Å². The largest absolute Gasteiger partial charge is 0.367 e. The van der Waals surface area contributed by atoms with Crippen molar-refractivity contribution in [2.45, 2.75) is 24.6 Å². The molecule has 0 amide bonds. The minimum absolute atomic E-state index is 0.138. The van der Waals surface area contributed by atoms with E-state index >= 15 is 0 Å². The molecule has 0 unspecified atom stereocenters. The highest BCUT2D eigenvalue weighted by atomic mass is 32.2. The van der Waals surface area contributed by atoms with Gasteiger partial charge < -0.3 is 10.3 Å². The molecule has 3 rings (SSSR count). The zero-order valence-corrected chi connectivity index (χ0v) is 10.8. The zero-order chi connectivity index (χ0) is 12.8. The quantitative estimate of drug-likeness (QED) is 0.864. The summed E-state index contributed by atoms with van der Waals surface area (Å²) in [7, 11) is -3.13. The van der Waals surface area contributed by atoms with Gasteiger partial charge in [-0.15, -0.1) is 0 Å². The van der Waals surface area contributed by atoms with E-state index in [1.54, 1.807) is 6.20 Å². The molecule has 1 saturated carbocycles. The molecule has 0 aromatic carbocycles. The van der Waals surface area contributed by atoms with E-state index in [4.69, 9.17) is 0 Å². The fourth-order valence-electron chi connectivity index (χ4n) is 1.82. The van der Waals surface area contributed by atoms with Crippen LogP contribution in [0.5, 0.6) is 0 Å².